The molecule has 1 heterocycles. The number of halogens is 1. The van der Waals surface area contributed by atoms with Crippen LogP contribution in [0.2, 0.25) is 5.02 Å². The average molecular weight is 437 g/mol. The lowest BCUT2D eigenvalue weighted by molar-refractivity contribution is -0.387. The van der Waals surface area contributed by atoms with Crippen LogP contribution in [0.5, 0.6) is 5.75 Å². The number of nitro benzene ring substituents is 1. The lowest BCUT2D eigenvalue weighted by Crippen LogP contribution is -2.31. The number of nitrogens with one attached hydrogen (secondary N) is 1. The second kappa shape index (κ2) is 8.19. The van der Waals surface area contributed by atoms with Gasteiger partial charge in [-0.1, -0.05) is 23.7 Å². The van der Waals surface area contributed by atoms with Gasteiger partial charge in [-0.2, -0.15) is 4.72 Å². The van der Waals surface area contributed by atoms with Gasteiger partial charge in [-0.05, 0) is 29.8 Å². The highest BCUT2D eigenvalue weighted by Crippen LogP contribution is 2.30. The molecule has 11 heteroatoms. The molecular weight excluding hydrogens is 420 g/mol. The van der Waals surface area contributed by atoms with Crippen molar-refractivity contribution in [1.29, 1.82) is 0 Å². The van der Waals surface area contributed by atoms with Crippen molar-refractivity contribution in [2.45, 2.75) is 10.9 Å². The zero-order valence-corrected chi connectivity index (χ0v) is 17.0. The third kappa shape index (κ3) is 4.39. The molecule has 1 atom stereocenters. The van der Waals surface area contributed by atoms with Crippen molar-refractivity contribution in [3.8, 4) is 5.75 Å². The van der Waals surface area contributed by atoms with Crippen LogP contribution in [0.4, 0.5) is 5.69 Å². The first-order valence-electron chi connectivity index (χ1n) is 8.30. The van der Waals surface area contributed by atoms with E-state index in [1.807, 2.05) is 0 Å². The lowest BCUT2D eigenvalue weighted by atomic mass is 10.1. The van der Waals surface area contributed by atoms with Crippen molar-refractivity contribution in [3.63, 3.8) is 0 Å². The number of imidazole rings is 1. The fourth-order valence-corrected chi connectivity index (χ4v) is 4.33. The van der Waals surface area contributed by atoms with Crippen LogP contribution in [0.25, 0.3) is 0 Å². The number of hydrogen-bond acceptors (Lipinski definition) is 6. The Morgan fingerprint density at radius 1 is 1.28 bits per heavy atom. The minimum atomic E-state index is -4.31. The zero-order chi connectivity index (χ0) is 21.2. The van der Waals surface area contributed by atoms with Crippen LogP contribution in [-0.2, 0) is 17.1 Å². The average Bonchev–Trinajstić information content (AvgIpc) is 3.11. The second-order valence-electron chi connectivity index (χ2n) is 6.10. The Hall–Kier alpha value is -2.95. The molecule has 0 radical (unpaired) electrons. The van der Waals surface area contributed by atoms with Gasteiger partial charge in [0.05, 0.1) is 12.0 Å². The number of hydrogen-bond donors (Lipinski definition) is 1. The Labute approximate surface area is 172 Å². The fraction of sp³-hybridized carbons (Fsp3) is 0.167. The maximum Gasteiger partial charge on any atom is 0.290 e. The Kier molecular flexibility index (Phi) is 5.87. The van der Waals surface area contributed by atoms with Gasteiger partial charge in [0, 0.05) is 30.5 Å². The van der Waals surface area contributed by atoms with Crippen molar-refractivity contribution >= 4 is 27.3 Å². The number of ether oxygens (including phenoxy) is 1. The van der Waals surface area contributed by atoms with Gasteiger partial charge in [-0.15, -0.1) is 0 Å². The van der Waals surface area contributed by atoms with Crippen molar-refractivity contribution in [3.05, 3.63) is 81.4 Å². The number of aromatic nitrogens is 2. The maximum atomic E-state index is 13.1. The third-order valence-corrected chi connectivity index (χ3v) is 5.93. The highest BCUT2D eigenvalue weighted by molar-refractivity contribution is 7.89. The molecule has 152 valence electrons. The van der Waals surface area contributed by atoms with Gasteiger partial charge >= 0.3 is 0 Å². The van der Waals surface area contributed by atoms with Gasteiger partial charge in [-0.25, -0.2) is 13.4 Å². The summed E-state index contributed by atoms with van der Waals surface area (Å²) in [6.07, 6.45) is 3.20. The number of methoxy groups -OCH3 is 1. The monoisotopic (exact) mass is 436 g/mol. The number of aryl methyl sites for hydroxylation is 1. The first-order chi connectivity index (χ1) is 13.7. The summed E-state index contributed by atoms with van der Waals surface area (Å²) in [7, 11) is -1.09. The summed E-state index contributed by atoms with van der Waals surface area (Å²) in [6, 6.07) is 9.27. The Morgan fingerprint density at radius 3 is 2.66 bits per heavy atom. The van der Waals surface area contributed by atoms with Gasteiger partial charge in [0.1, 0.15) is 17.6 Å². The first-order valence-corrected chi connectivity index (χ1v) is 10.2. The summed E-state index contributed by atoms with van der Waals surface area (Å²) in [6.45, 7) is 0. The van der Waals surface area contributed by atoms with E-state index in [-0.39, 0.29) is 5.02 Å². The molecule has 1 N–H and O–H groups in total. The summed E-state index contributed by atoms with van der Waals surface area (Å²) in [5.74, 6) is 0.928. The van der Waals surface area contributed by atoms with E-state index >= 15 is 0 Å². The molecule has 3 aromatic rings. The zero-order valence-electron chi connectivity index (χ0n) is 15.4. The molecule has 0 aliphatic rings. The number of benzene rings is 2. The summed E-state index contributed by atoms with van der Waals surface area (Å²) in [4.78, 5) is 14.3. The van der Waals surface area contributed by atoms with E-state index in [1.165, 1.54) is 19.4 Å². The molecule has 3 rings (SSSR count). The standard InChI is InChI=1S/C18H17ClN4O5S/c1-22-9-8-20-18(22)17(12-4-3-5-14(10-12)28-2)21-29(26,27)16-7-6-13(19)11-15(16)23(24)25/h3-11,17,21H,1-2H3/t17-/m1/s1. The Balaban J connectivity index is 2.11. The topological polar surface area (TPSA) is 116 Å². The van der Waals surface area contributed by atoms with Crippen LogP contribution in [0.3, 0.4) is 0 Å². The Bertz CT molecular complexity index is 1160. The van der Waals surface area contributed by atoms with E-state index in [0.717, 1.165) is 12.1 Å². The van der Waals surface area contributed by atoms with Crippen molar-refractivity contribution in [2.75, 3.05) is 7.11 Å². The fourth-order valence-electron chi connectivity index (χ4n) is 2.83. The van der Waals surface area contributed by atoms with Crippen LogP contribution in [0.1, 0.15) is 17.4 Å². The Morgan fingerprint density at radius 2 is 2.03 bits per heavy atom. The number of nitrogens with zero attached hydrogens (tertiary/aromatic N) is 3. The quantitative estimate of drug-likeness (QED) is 0.449. The van der Waals surface area contributed by atoms with Crippen LogP contribution in [0, 0.1) is 10.1 Å². The minimum absolute atomic E-state index is 0.0593. The molecule has 0 bridgehead atoms. The van der Waals surface area contributed by atoms with E-state index in [1.54, 1.807) is 42.1 Å². The van der Waals surface area contributed by atoms with E-state index in [2.05, 4.69) is 9.71 Å². The smallest absolute Gasteiger partial charge is 0.290 e. The van der Waals surface area contributed by atoms with Crippen molar-refractivity contribution in [2.24, 2.45) is 7.05 Å². The van der Waals surface area contributed by atoms with Crippen LogP contribution < -0.4 is 9.46 Å². The third-order valence-electron chi connectivity index (χ3n) is 4.22. The van der Waals surface area contributed by atoms with Gasteiger partial charge in [0.15, 0.2) is 4.90 Å². The predicted molar refractivity (Wildman–Crippen MR) is 106 cm³/mol. The number of sulfonamides is 1. The highest BCUT2D eigenvalue weighted by Gasteiger charge is 2.31. The molecule has 0 saturated carbocycles. The molecule has 2 aromatic carbocycles. The van der Waals surface area contributed by atoms with Crippen molar-refractivity contribution < 1.29 is 18.1 Å². The highest BCUT2D eigenvalue weighted by atomic mass is 35.5. The predicted octanol–water partition coefficient (Wildman–Crippen LogP) is 3.06. The number of nitro groups is 1. The number of rotatable bonds is 7. The molecule has 0 aliphatic heterocycles. The van der Waals surface area contributed by atoms with Crippen LogP contribution >= 0.6 is 11.6 Å². The molecule has 0 saturated heterocycles. The summed E-state index contributed by atoms with van der Waals surface area (Å²) < 4.78 is 35.6. The molecule has 0 spiro atoms. The van der Waals surface area contributed by atoms with Gasteiger partial charge < -0.3 is 9.30 Å². The normalized spacial score (nSPS) is 12.5. The van der Waals surface area contributed by atoms with Crippen LogP contribution in [-0.4, -0.2) is 30.0 Å². The summed E-state index contributed by atoms with van der Waals surface area (Å²) in [5, 5.41) is 11.4. The molecule has 0 unspecified atom stereocenters. The molecule has 29 heavy (non-hydrogen) atoms. The molecule has 0 aliphatic carbocycles. The molecule has 0 amide bonds. The summed E-state index contributed by atoms with van der Waals surface area (Å²) >= 11 is 5.80. The summed E-state index contributed by atoms with van der Waals surface area (Å²) in [5.41, 5.74) is -0.0620. The van der Waals surface area contributed by atoms with E-state index in [0.29, 0.717) is 17.1 Å². The van der Waals surface area contributed by atoms with E-state index in [4.69, 9.17) is 16.3 Å². The minimum Gasteiger partial charge on any atom is -0.497 e. The van der Waals surface area contributed by atoms with Crippen molar-refractivity contribution in [1.82, 2.24) is 14.3 Å². The molecular formula is C18H17ClN4O5S. The lowest BCUT2D eigenvalue weighted by Gasteiger charge is -2.20. The second-order valence-corrected chi connectivity index (χ2v) is 8.22. The van der Waals surface area contributed by atoms with E-state index in [9.17, 15) is 18.5 Å². The SMILES string of the molecule is COc1cccc([C@@H](NS(=O)(=O)c2ccc(Cl)cc2[N+](=O)[O-])c2nccn2C)c1. The molecule has 0 fully saturated rings. The molecule has 9 nitrogen and oxygen atoms in total. The maximum absolute atomic E-state index is 13.1. The first kappa shape index (κ1) is 20.8. The van der Waals surface area contributed by atoms with Gasteiger partial charge in [0.2, 0.25) is 10.0 Å². The van der Waals surface area contributed by atoms with Gasteiger partial charge in [-0.3, -0.25) is 10.1 Å². The van der Waals surface area contributed by atoms with E-state index < -0.39 is 31.6 Å². The van der Waals surface area contributed by atoms with Gasteiger partial charge in [0.25, 0.3) is 5.69 Å². The molecule has 1 aromatic heterocycles. The largest absolute Gasteiger partial charge is 0.497 e. The van der Waals surface area contributed by atoms with Crippen LogP contribution in [0.15, 0.2) is 59.8 Å².